The summed E-state index contributed by atoms with van der Waals surface area (Å²) in [6, 6.07) is 8.51. The topological polar surface area (TPSA) is 29.1 Å². The van der Waals surface area contributed by atoms with Crippen molar-refractivity contribution in [2.24, 2.45) is 0 Å². The maximum absolute atomic E-state index is 12.5. The fourth-order valence-electron chi connectivity index (χ4n) is 3.75. The second-order valence-electron chi connectivity index (χ2n) is 5.96. The summed E-state index contributed by atoms with van der Waals surface area (Å²) in [7, 11) is 0. The molecule has 1 aliphatic heterocycles. The third kappa shape index (κ3) is 2.06. The molecule has 1 heterocycles. The number of nitrogens with one attached hydrogen (secondary N) is 1. The monoisotopic (exact) mass is 277 g/mol. The molecular weight excluding hydrogens is 258 g/mol. The van der Waals surface area contributed by atoms with Crippen molar-refractivity contribution in [1.82, 2.24) is 5.32 Å². The van der Waals surface area contributed by atoms with Crippen molar-refractivity contribution in [1.29, 1.82) is 0 Å². The van der Waals surface area contributed by atoms with Crippen molar-refractivity contribution in [2.75, 3.05) is 0 Å². The molecule has 4 rings (SSSR count). The highest BCUT2D eigenvalue weighted by Crippen LogP contribution is 2.42. The SMILES string of the molecule is O=C1NCc2ccccc2C2=C(CCC2)C2=CCCC=C12. The fourth-order valence-corrected chi connectivity index (χ4v) is 3.75. The second-order valence-corrected chi connectivity index (χ2v) is 5.96. The molecule has 3 aliphatic rings. The lowest BCUT2D eigenvalue weighted by atomic mass is 9.87. The average molecular weight is 277 g/mol. The van der Waals surface area contributed by atoms with E-state index in [1.807, 2.05) is 0 Å². The van der Waals surface area contributed by atoms with Crippen molar-refractivity contribution in [2.45, 2.75) is 38.6 Å². The van der Waals surface area contributed by atoms with Gasteiger partial charge in [0.2, 0.25) is 0 Å². The molecule has 2 aliphatic carbocycles. The number of hydrogen-bond acceptors (Lipinski definition) is 1. The summed E-state index contributed by atoms with van der Waals surface area (Å²) in [5, 5.41) is 3.09. The first kappa shape index (κ1) is 12.6. The van der Waals surface area contributed by atoms with E-state index in [1.54, 1.807) is 0 Å². The first-order valence-electron chi connectivity index (χ1n) is 7.84. The number of carbonyl (C=O) groups excluding carboxylic acids is 1. The molecule has 0 atom stereocenters. The molecular formula is C19H19NO. The number of amides is 1. The van der Waals surface area contributed by atoms with Crippen molar-refractivity contribution < 1.29 is 4.79 Å². The van der Waals surface area contributed by atoms with Crippen LogP contribution in [0.5, 0.6) is 0 Å². The molecule has 106 valence electrons. The number of hydrogen-bond donors (Lipinski definition) is 1. The van der Waals surface area contributed by atoms with Crippen LogP contribution >= 0.6 is 0 Å². The van der Waals surface area contributed by atoms with Crippen LogP contribution in [0.25, 0.3) is 5.57 Å². The Morgan fingerprint density at radius 1 is 0.905 bits per heavy atom. The zero-order valence-electron chi connectivity index (χ0n) is 12.1. The first-order chi connectivity index (χ1) is 10.3. The van der Waals surface area contributed by atoms with Crippen LogP contribution in [0.3, 0.4) is 0 Å². The van der Waals surface area contributed by atoms with Gasteiger partial charge >= 0.3 is 0 Å². The van der Waals surface area contributed by atoms with E-state index in [0.717, 1.165) is 31.3 Å². The summed E-state index contributed by atoms with van der Waals surface area (Å²) >= 11 is 0. The fraction of sp³-hybridized carbons (Fsp3) is 0.316. The van der Waals surface area contributed by atoms with Crippen LogP contribution < -0.4 is 5.32 Å². The van der Waals surface area contributed by atoms with Gasteiger partial charge in [-0.1, -0.05) is 36.4 Å². The Morgan fingerprint density at radius 3 is 2.57 bits per heavy atom. The van der Waals surface area contributed by atoms with E-state index in [9.17, 15) is 4.79 Å². The molecule has 0 saturated carbocycles. The third-order valence-corrected chi connectivity index (χ3v) is 4.72. The van der Waals surface area contributed by atoms with Crippen molar-refractivity contribution in [3.63, 3.8) is 0 Å². The lowest BCUT2D eigenvalue weighted by Crippen LogP contribution is -2.26. The van der Waals surface area contributed by atoms with E-state index in [1.165, 1.54) is 34.3 Å². The summed E-state index contributed by atoms with van der Waals surface area (Å²) in [6.07, 6.45) is 9.83. The van der Waals surface area contributed by atoms with Gasteiger partial charge in [-0.15, -0.1) is 0 Å². The molecule has 21 heavy (non-hydrogen) atoms. The molecule has 0 radical (unpaired) electrons. The Morgan fingerprint density at radius 2 is 1.67 bits per heavy atom. The molecule has 0 saturated heterocycles. The highest BCUT2D eigenvalue weighted by molar-refractivity contribution is 6.01. The minimum absolute atomic E-state index is 0.0800. The Bertz CT molecular complexity index is 706. The average Bonchev–Trinajstić information content (AvgIpc) is 3.02. The van der Waals surface area contributed by atoms with Gasteiger partial charge in [0.25, 0.3) is 5.91 Å². The third-order valence-electron chi connectivity index (χ3n) is 4.72. The van der Waals surface area contributed by atoms with Gasteiger partial charge in [-0.2, -0.15) is 0 Å². The number of benzene rings is 1. The number of carbonyl (C=O) groups is 1. The predicted octanol–water partition coefficient (Wildman–Crippen LogP) is 3.90. The van der Waals surface area contributed by atoms with Crippen molar-refractivity contribution in [3.05, 3.63) is 64.3 Å². The van der Waals surface area contributed by atoms with Crippen LogP contribution in [-0.2, 0) is 11.3 Å². The zero-order chi connectivity index (χ0) is 14.2. The minimum atomic E-state index is 0.0800. The number of rotatable bonds is 0. The largest absolute Gasteiger partial charge is 0.348 e. The van der Waals surface area contributed by atoms with Gasteiger partial charge in [-0.05, 0) is 60.0 Å². The van der Waals surface area contributed by atoms with Crippen LogP contribution in [0.2, 0.25) is 0 Å². The van der Waals surface area contributed by atoms with E-state index < -0.39 is 0 Å². The number of fused-ring (bicyclic) bond motifs is 4. The molecule has 0 unspecified atom stereocenters. The smallest absolute Gasteiger partial charge is 0.251 e. The molecule has 1 amide bonds. The summed E-state index contributed by atoms with van der Waals surface area (Å²) in [5.41, 5.74) is 7.52. The van der Waals surface area contributed by atoms with Gasteiger partial charge in [0.05, 0.1) is 0 Å². The lowest BCUT2D eigenvalue weighted by molar-refractivity contribution is -0.117. The molecule has 0 fully saturated rings. The predicted molar refractivity (Wildman–Crippen MR) is 84.5 cm³/mol. The van der Waals surface area contributed by atoms with Crippen LogP contribution in [-0.4, -0.2) is 5.91 Å². The standard InChI is InChI=1S/C19H19NO/c21-19-18-9-4-3-8-17(18)16-11-5-10-15(16)14-7-2-1-6-13(14)12-20-19/h1-2,6-9H,3-5,10-12H2,(H,20,21). The molecule has 1 N–H and O–H groups in total. The van der Waals surface area contributed by atoms with E-state index in [0.29, 0.717) is 6.54 Å². The maximum Gasteiger partial charge on any atom is 0.251 e. The normalized spacial score (nSPS) is 21.0. The van der Waals surface area contributed by atoms with E-state index in [4.69, 9.17) is 0 Å². The van der Waals surface area contributed by atoms with Crippen LogP contribution in [0.1, 0.15) is 43.2 Å². The Labute approximate surface area is 125 Å². The lowest BCUT2D eigenvalue weighted by Gasteiger charge is -2.17. The quantitative estimate of drug-likeness (QED) is 0.765. The summed E-state index contributed by atoms with van der Waals surface area (Å²) in [6.45, 7) is 0.621. The van der Waals surface area contributed by atoms with Crippen molar-refractivity contribution in [3.8, 4) is 0 Å². The summed E-state index contributed by atoms with van der Waals surface area (Å²) in [4.78, 5) is 12.5. The van der Waals surface area contributed by atoms with Crippen LogP contribution in [0.4, 0.5) is 0 Å². The van der Waals surface area contributed by atoms with Gasteiger partial charge in [-0.25, -0.2) is 0 Å². The highest BCUT2D eigenvalue weighted by Gasteiger charge is 2.27. The van der Waals surface area contributed by atoms with Gasteiger partial charge in [0.1, 0.15) is 0 Å². The first-order valence-corrected chi connectivity index (χ1v) is 7.84. The summed E-state index contributed by atoms with van der Waals surface area (Å²) < 4.78 is 0. The van der Waals surface area contributed by atoms with Crippen molar-refractivity contribution >= 4 is 11.5 Å². The zero-order valence-corrected chi connectivity index (χ0v) is 12.1. The van der Waals surface area contributed by atoms with E-state index in [-0.39, 0.29) is 5.91 Å². The van der Waals surface area contributed by atoms with Crippen LogP contribution in [0, 0.1) is 0 Å². The van der Waals surface area contributed by atoms with Crippen LogP contribution in [0.15, 0.2) is 53.1 Å². The molecule has 0 bridgehead atoms. The Hall–Kier alpha value is -2.09. The van der Waals surface area contributed by atoms with E-state index >= 15 is 0 Å². The minimum Gasteiger partial charge on any atom is -0.348 e. The van der Waals surface area contributed by atoms with Gasteiger partial charge in [-0.3, -0.25) is 4.79 Å². The Balaban J connectivity index is 1.95. The second kappa shape index (κ2) is 5.03. The number of allylic oxidation sites excluding steroid dienone is 4. The highest BCUT2D eigenvalue weighted by atomic mass is 16.1. The molecule has 2 heteroatoms. The van der Waals surface area contributed by atoms with E-state index in [2.05, 4.69) is 41.7 Å². The molecule has 1 aromatic rings. The summed E-state index contributed by atoms with van der Waals surface area (Å²) in [5.74, 6) is 0.0800. The van der Waals surface area contributed by atoms with Gasteiger partial charge < -0.3 is 5.32 Å². The maximum atomic E-state index is 12.5. The molecule has 0 spiro atoms. The van der Waals surface area contributed by atoms with Gasteiger partial charge in [0.15, 0.2) is 0 Å². The Kier molecular flexibility index (Phi) is 3.03. The van der Waals surface area contributed by atoms with Gasteiger partial charge in [0, 0.05) is 12.1 Å². The molecule has 2 nitrogen and oxygen atoms in total. The molecule has 0 aromatic heterocycles. The molecule has 1 aromatic carbocycles.